The van der Waals surface area contributed by atoms with E-state index in [1.807, 2.05) is 14.1 Å². The Morgan fingerprint density at radius 1 is 1.42 bits per heavy atom. The van der Waals surface area contributed by atoms with Gasteiger partial charge in [0.15, 0.2) is 0 Å². The van der Waals surface area contributed by atoms with Gasteiger partial charge in [-0.2, -0.15) is 0 Å². The van der Waals surface area contributed by atoms with Gasteiger partial charge < -0.3 is 16.0 Å². The Labute approximate surface area is 115 Å². The fourth-order valence-electron chi connectivity index (χ4n) is 2.79. The van der Waals surface area contributed by atoms with Crippen LogP contribution in [-0.2, 0) is 11.2 Å². The van der Waals surface area contributed by atoms with E-state index < -0.39 is 0 Å². The van der Waals surface area contributed by atoms with Gasteiger partial charge in [-0.15, -0.1) is 0 Å². The maximum atomic E-state index is 11.7. The van der Waals surface area contributed by atoms with E-state index in [0.717, 1.165) is 12.1 Å². The third-order valence-corrected chi connectivity index (χ3v) is 4.06. The van der Waals surface area contributed by atoms with Crippen LogP contribution in [-0.4, -0.2) is 26.5 Å². The molecule has 0 saturated carbocycles. The Morgan fingerprint density at radius 2 is 2.16 bits per heavy atom. The lowest BCUT2D eigenvalue weighted by atomic mass is 9.91. The second-order valence-electron chi connectivity index (χ2n) is 5.32. The van der Waals surface area contributed by atoms with Crippen LogP contribution < -0.4 is 16.0 Å². The summed E-state index contributed by atoms with van der Waals surface area (Å²) in [5.74, 6) is 0.576. The molecular formula is C15H23N3O. The van der Waals surface area contributed by atoms with Gasteiger partial charge in [0, 0.05) is 25.2 Å². The van der Waals surface area contributed by atoms with Crippen LogP contribution in [0.2, 0.25) is 0 Å². The van der Waals surface area contributed by atoms with Crippen LogP contribution in [0.5, 0.6) is 0 Å². The summed E-state index contributed by atoms with van der Waals surface area (Å²) in [7, 11) is 3.81. The number of hydrogen-bond acceptors (Lipinski definition) is 3. The van der Waals surface area contributed by atoms with E-state index in [-0.39, 0.29) is 11.9 Å². The molecule has 4 nitrogen and oxygen atoms in total. The van der Waals surface area contributed by atoms with Crippen LogP contribution >= 0.6 is 0 Å². The van der Waals surface area contributed by atoms with Gasteiger partial charge in [0.1, 0.15) is 0 Å². The highest BCUT2D eigenvalue weighted by Gasteiger charge is 2.23. The fourth-order valence-corrected chi connectivity index (χ4v) is 2.79. The fraction of sp³-hybridized carbons (Fsp3) is 0.533. The molecule has 0 bridgehead atoms. The van der Waals surface area contributed by atoms with Crippen molar-refractivity contribution in [1.29, 1.82) is 0 Å². The molecule has 0 aliphatic carbocycles. The molecule has 1 heterocycles. The van der Waals surface area contributed by atoms with Gasteiger partial charge >= 0.3 is 0 Å². The minimum atomic E-state index is 0.195. The first-order valence-electron chi connectivity index (χ1n) is 6.85. The molecule has 104 valence electrons. The highest BCUT2D eigenvalue weighted by molar-refractivity contribution is 5.95. The number of anilines is 1. The summed E-state index contributed by atoms with van der Waals surface area (Å²) in [5, 5.41) is 3.34. The number of nitrogens with two attached hydrogens (primary N) is 1. The summed E-state index contributed by atoms with van der Waals surface area (Å²) in [6.07, 6.45) is 1.43. The van der Waals surface area contributed by atoms with Gasteiger partial charge in [0.2, 0.25) is 5.91 Å². The highest BCUT2D eigenvalue weighted by atomic mass is 16.2. The minimum Gasteiger partial charge on any atom is -0.330 e. The number of nitrogens with zero attached hydrogens (tertiary/aromatic N) is 1. The average molecular weight is 261 g/mol. The largest absolute Gasteiger partial charge is 0.330 e. The molecule has 0 radical (unpaired) electrons. The molecule has 0 saturated heterocycles. The zero-order chi connectivity index (χ0) is 14.0. The number of fused-ring (bicyclic) bond motifs is 1. The van der Waals surface area contributed by atoms with Crippen molar-refractivity contribution >= 4 is 11.6 Å². The first-order chi connectivity index (χ1) is 9.08. The molecule has 1 amide bonds. The van der Waals surface area contributed by atoms with E-state index in [2.05, 4.69) is 30.4 Å². The van der Waals surface area contributed by atoms with E-state index in [4.69, 9.17) is 5.73 Å². The van der Waals surface area contributed by atoms with Crippen molar-refractivity contribution in [1.82, 2.24) is 5.32 Å². The van der Waals surface area contributed by atoms with Crippen molar-refractivity contribution in [2.75, 3.05) is 25.5 Å². The number of carbonyl (C=O) groups excluding carboxylic acids is 1. The van der Waals surface area contributed by atoms with Crippen molar-refractivity contribution in [3.05, 3.63) is 29.3 Å². The van der Waals surface area contributed by atoms with Crippen molar-refractivity contribution in [3.8, 4) is 0 Å². The van der Waals surface area contributed by atoms with Gasteiger partial charge in [-0.3, -0.25) is 4.79 Å². The molecule has 0 spiro atoms. The van der Waals surface area contributed by atoms with Gasteiger partial charge in [0.05, 0.1) is 0 Å². The lowest BCUT2D eigenvalue weighted by molar-refractivity contribution is -0.118. The quantitative estimate of drug-likeness (QED) is 0.862. The Bertz CT molecular complexity index is 472. The number of nitrogens with one attached hydrogen (secondary N) is 1. The van der Waals surface area contributed by atoms with Crippen LogP contribution in [0, 0.1) is 5.92 Å². The van der Waals surface area contributed by atoms with Crippen molar-refractivity contribution in [2.24, 2.45) is 11.7 Å². The summed E-state index contributed by atoms with van der Waals surface area (Å²) >= 11 is 0. The smallest absolute Gasteiger partial charge is 0.227 e. The Morgan fingerprint density at radius 3 is 2.79 bits per heavy atom. The lowest BCUT2D eigenvalue weighted by Gasteiger charge is -2.28. The van der Waals surface area contributed by atoms with Crippen LogP contribution in [0.4, 0.5) is 5.69 Å². The molecule has 1 aliphatic rings. The Kier molecular flexibility index (Phi) is 4.22. The molecule has 1 aromatic rings. The molecule has 0 aromatic heterocycles. The third kappa shape index (κ3) is 2.65. The van der Waals surface area contributed by atoms with Crippen LogP contribution in [0.25, 0.3) is 0 Å². The topological polar surface area (TPSA) is 58.4 Å². The average Bonchev–Trinajstić information content (AvgIpc) is 2.43. The second kappa shape index (κ2) is 5.72. The number of amides is 1. The maximum absolute atomic E-state index is 11.7. The summed E-state index contributed by atoms with van der Waals surface area (Å²) in [5.41, 5.74) is 9.31. The lowest BCUT2D eigenvalue weighted by Crippen LogP contribution is -2.32. The molecule has 0 fully saturated rings. The zero-order valence-electron chi connectivity index (χ0n) is 11.9. The normalized spacial score (nSPS) is 18.1. The van der Waals surface area contributed by atoms with E-state index in [1.54, 1.807) is 4.90 Å². The van der Waals surface area contributed by atoms with Crippen molar-refractivity contribution in [3.63, 3.8) is 0 Å². The molecular weight excluding hydrogens is 238 g/mol. The van der Waals surface area contributed by atoms with E-state index in [0.29, 0.717) is 18.9 Å². The van der Waals surface area contributed by atoms with Gasteiger partial charge in [-0.1, -0.05) is 19.1 Å². The Hall–Kier alpha value is -1.39. The van der Waals surface area contributed by atoms with Crippen molar-refractivity contribution in [2.45, 2.75) is 25.8 Å². The molecule has 1 aliphatic heterocycles. The molecule has 19 heavy (non-hydrogen) atoms. The summed E-state index contributed by atoms with van der Waals surface area (Å²) in [6.45, 7) is 2.80. The number of benzene rings is 1. The third-order valence-electron chi connectivity index (χ3n) is 4.06. The minimum absolute atomic E-state index is 0.195. The van der Waals surface area contributed by atoms with Gasteiger partial charge in [0.25, 0.3) is 0 Å². The van der Waals surface area contributed by atoms with Gasteiger partial charge in [-0.25, -0.2) is 0 Å². The van der Waals surface area contributed by atoms with E-state index in [1.165, 1.54) is 11.1 Å². The SMILES string of the molecule is CNC(c1ccc2c(c1)CCC(=O)N2C)C(C)CN. The molecule has 2 atom stereocenters. The Balaban J connectivity index is 2.33. The van der Waals surface area contributed by atoms with Crippen LogP contribution in [0.3, 0.4) is 0 Å². The summed E-state index contributed by atoms with van der Waals surface area (Å²) < 4.78 is 0. The van der Waals surface area contributed by atoms with Gasteiger partial charge in [-0.05, 0) is 43.1 Å². The highest BCUT2D eigenvalue weighted by Crippen LogP contribution is 2.31. The molecule has 2 rings (SSSR count). The predicted molar refractivity (Wildman–Crippen MR) is 78.2 cm³/mol. The first kappa shape index (κ1) is 14.0. The molecule has 2 unspecified atom stereocenters. The number of hydrogen-bond donors (Lipinski definition) is 2. The van der Waals surface area contributed by atoms with E-state index in [9.17, 15) is 4.79 Å². The monoisotopic (exact) mass is 261 g/mol. The second-order valence-corrected chi connectivity index (χ2v) is 5.32. The number of carbonyl (C=O) groups is 1. The van der Waals surface area contributed by atoms with Crippen LogP contribution in [0.1, 0.15) is 30.5 Å². The molecule has 3 N–H and O–H groups in total. The zero-order valence-corrected chi connectivity index (χ0v) is 11.9. The molecule has 1 aromatic carbocycles. The standard InChI is InChI=1S/C15H23N3O/c1-10(9-16)15(17-2)12-4-6-13-11(8-12)5-7-14(19)18(13)3/h4,6,8,10,15,17H,5,7,9,16H2,1-3H3. The summed E-state index contributed by atoms with van der Waals surface area (Å²) in [6, 6.07) is 6.63. The number of rotatable bonds is 4. The molecule has 4 heteroatoms. The first-order valence-corrected chi connectivity index (χ1v) is 6.85. The predicted octanol–water partition coefficient (Wildman–Crippen LogP) is 1.45. The van der Waals surface area contributed by atoms with E-state index >= 15 is 0 Å². The van der Waals surface area contributed by atoms with Crippen molar-refractivity contribution < 1.29 is 4.79 Å². The summed E-state index contributed by atoms with van der Waals surface area (Å²) in [4.78, 5) is 13.4. The van der Waals surface area contributed by atoms with Crippen LogP contribution in [0.15, 0.2) is 18.2 Å². The maximum Gasteiger partial charge on any atom is 0.227 e. The number of aryl methyl sites for hydroxylation is 1.